The topological polar surface area (TPSA) is 73.3 Å². The van der Waals surface area contributed by atoms with Crippen molar-refractivity contribution in [2.45, 2.75) is 11.9 Å². The van der Waals surface area contributed by atoms with Gasteiger partial charge in [0, 0.05) is 5.56 Å². The largest absolute Gasteiger partial charge is 0.497 e. The van der Waals surface area contributed by atoms with Crippen LogP contribution in [0.2, 0.25) is 0 Å². The van der Waals surface area contributed by atoms with Crippen LogP contribution >= 0.6 is 11.8 Å². The fraction of sp³-hybridized carbons (Fsp3) is 0.190. The normalized spacial score (nSPS) is 10.4. The summed E-state index contributed by atoms with van der Waals surface area (Å²) >= 11 is 1.33. The zero-order valence-corrected chi connectivity index (χ0v) is 16.5. The van der Waals surface area contributed by atoms with Gasteiger partial charge in [-0.2, -0.15) is 0 Å². The van der Waals surface area contributed by atoms with Crippen molar-refractivity contribution in [1.29, 1.82) is 0 Å². The van der Waals surface area contributed by atoms with E-state index in [0.29, 0.717) is 23.1 Å². The van der Waals surface area contributed by atoms with Gasteiger partial charge in [0.05, 0.1) is 30.9 Å². The van der Waals surface area contributed by atoms with E-state index in [2.05, 4.69) is 15.5 Å². The number of thioether (sulfide) groups is 1. The molecule has 1 amide bonds. The molecule has 1 aromatic heterocycles. The number of amides is 1. The molecule has 0 fully saturated rings. The van der Waals surface area contributed by atoms with Gasteiger partial charge in [-0.15, -0.1) is 10.2 Å². The van der Waals surface area contributed by atoms with Gasteiger partial charge in [0.2, 0.25) is 5.91 Å². The Labute approximate surface area is 168 Å². The third kappa shape index (κ3) is 5.23. The molecule has 3 aromatic rings. The number of carbonyl (C=O) groups is 1. The van der Waals surface area contributed by atoms with E-state index in [1.165, 1.54) is 11.8 Å². The van der Waals surface area contributed by atoms with Crippen molar-refractivity contribution in [1.82, 2.24) is 10.2 Å². The summed E-state index contributed by atoms with van der Waals surface area (Å²) in [7, 11) is 1.63. The number of nitrogens with zero attached hydrogens (tertiary/aromatic N) is 2. The van der Waals surface area contributed by atoms with Crippen LogP contribution in [0.15, 0.2) is 65.7 Å². The molecule has 0 aliphatic heterocycles. The summed E-state index contributed by atoms with van der Waals surface area (Å²) in [6.07, 6.45) is 0. The van der Waals surface area contributed by atoms with E-state index in [4.69, 9.17) is 9.47 Å². The van der Waals surface area contributed by atoms with Crippen LogP contribution in [-0.2, 0) is 4.79 Å². The second-order valence-corrected chi connectivity index (χ2v) is 6.75. The summed E-state index contributed by atoms with van der Waals surface area (Å²) in [5.41, 5.74) is 2.33. The van der Waals surface area contributed by atoms with Crippen molar-refractivity contribution in [3.05, 3.63) is 60.7 Å². The zero-order valence-electron chi connectivity index (χ0n) is 15.7. The Balaban J connectivity index is 1.58. The molecule has 0 radical (unpaired) electrons. The SMILES string of the molecule is CCOc1ccccc1NC(=O)CSc1ccc(-c2cccc(OC)c2)nn1. The third-order valence-electron chi connectivity index (χ3n) is 3.82. The number of rotatable bonds is 8. The third-order valence-corrected chi connectivity index (χ3v) is 4.74. The van der Waals surface area contributed by atoms with E-state index < -0.39 is 0 Å². The predicted octanol–water partition coefficient (Wildman–Crippen LogP) is 4.28. The number of para-hydroxylation sites is 2. The van der Waals surface area contributed by atoms with E-state index in [1.807, 2.05) is 67.6 Å². The standard InChI is InChI=1S/C21H21N3O3S/c1-3-27-19-10-5-4-9-18(19)22-20(25)14-28-21-12-11-17(23-24-21)15-7-6-8-16(13-15)26-2/h4-13H,3,14H2,1-2H3,(H,22,25). The summed E-state index contributed by atoms with van der Waals surface area (Å²) in [6.45, 7) is 2.44. The quantitative estimate of drug-likeness (QED) is 0.574. The number of carbonyl (C=O) groups excluding carboxylic acids is 1. The van der Waals surface area contributed by atoms with Crippen LogP contribution < -0.4 is 14.8 Å². The van der Waals surface area contributed by atoms with Gasteiger partial charge in [0.15, 0.2) is 0 Å². The summed E-state index contributed by atoms with van der Waals surface area (Å²) in [5.74, 6) is 1.52. The molecule has 144 valence electrons. The van der Waals surface area contributed by atoms with Gasteiger partial charge in [-0.3, -0.25) is 4.79 Å². The lowest BCUT2D eigenvalue weighted by Gasteiger charge is -2.11. The van der Waals surface area contributed by atoms with Gasteiger partial charge in [0.25, 0.3) is 0 Å². The highest BCUT2D eigenvalue weighted by Crippen LogP contribution is 2.25. The number of aromatic nitrogens is 2. The number of anilines is 1. The molecule has 6 nitrogen and oxygen atoms in total. The van der Waals surface area contributed by atoms with Crippen LogP contribution in [0.1, 0.15) is 6.92 Å². The lowest BCUT2D eigenvalue weighted by molar-refractivity contribution is -0.113. The number of hydrogen-bond donors (Lipinski definition) is 1. The number of nitrogens with one attached hydrogen (secondary N) is 1. The Kier molecular flexibility index (Phi) is 6.86. The van der Waals surface area contributed by atoms with E-state index in [1.54, 1.807) is 7.11 Å². The molecular formula is C21H21N3O3S. The molecule has 0 unspecified atom stereocenters. The minimum absolute atomic E-state index is 0.129. The molecule has 0 saturated heterocycles. The lowest BCUT2D eigenvalue weighted by atomic mass is 10.1. The first kappa shape index (κ1) is 19.7. The molecule has 2 aromatic carbocycles. The fourth-order valence-corrected chi connectivity index (χ4v) is 3.12. The molecule has 0 bridgehead atoms. The minimum atomic E-state index is -0.129. The fourth-order valence-electron chi connectivity index (χ4n) is 2.51. The Morgan fingerprint density at radius 3 is 2.68 bits per heavy atom. The highest BCUT2D eigenvalue weighted by Gasteiger charge is 2.09. The van der Waals surface area contributed by atoms with Crippen molar-refractivity contribution in [2.75, 3.05) is 24.8 Å². The van der Waals surface area contributed by atoms with Crippen LogP contribution in [0.25, 0.3) is 11.3 Å². The first-order valence-corrected chi connectivity index (χ1v) is 9.80. The van der Waals surface area contributed by atoms with Gasteiger partial charge in [-0.1, -0.05) is 36.0 Å². The van der Waals surface area contributed by atoms with E-state index in [-0.39, 0.29) is 11.7 Å². The molecule has 28 heavy (non-hydrogen) atoms. The number of hydrogen-bond acceptors (Lipinski definition) is 6. The van der Waals surface area contributed by atoms with Gasteiger partial charge in [-0.25, -0.2) is 0 Å². The Morgan fingerprint density at radius 1 is 1.07 bits per heavy atom. The second kappa shape index (κ2) is 9.75. The van der Waals surface area contributed by atoms with Gasteiger partial charge in [-0.05, 0) is 43.3 Å². The maximum Gasteiger partial charge on any atom is 0.234 e. The van der Waals surface area contributed by atoms with Crippen LogP contribution in [0.4, 0.5) is 5.69 Å². The van der Waals surface area contributed by atoms with Gasteiger partial charge >= 0.3 is 0 Å². The van der Waals surface area contributed by atoms with Gasteiger partial charge in [0.1, 0.15) is 16.5 Å². The minimum Gasteiger partial charge on any atom is -0.497 e. The number of ether oxygens (including phenoxy) is 2. The average molecular weight is 395 g/mol. The lowest BCUT2D eigenvalue weighted by Crippen LogP contribution is -2.15. The Bertz CT molecular complexity index is 932. The second-order valence-electron chi connectivity index (χ2n) is 5.75. The molecule has 7 heteroatoms. The molecule has 0 aliphatic rings. The van der Waals surface area contributed by atoms with Crippen molar-refractivity contribution >= 4 is 23.4 Å². The zero-order chi connectivity index (χ0) is 19.8. The molecule has 1 N–H and O–H groups in total. The summed E-state index contributed by atoms with van der Waals surface area (Å²) < 4.78 is 10.8. The van der Waals surface area contributed by atoms with Crippen LogP contribution in [-0.4, -0.2) is 35.6 Å². The Morgan fingerprint density at radius 2 is 1.93 bits per heavy atom. The van der Waals surface area contributed by atoms with Crippen molar-refractivity contribution in [3.63, 3.8) is 0 Å². The molecule has 0 saturated carbocycles. The maximum absolute atomic E-state index is 12.3. The number of benzene rings is 2. The van der Waals surface area contributed by atoms with Gasteiger partial charge < -0.3 is 14.8 Å². The van der Waals surface area contributed by atoms with Crippen molar-refractivity contribution in [2.24, 2.45) is 0 Å². The summed E-state index contributed by atoms with van der Waals surface area (Å²) in [4.78, 5) is 12.3. The van der Waals surface area contributed by atoms with E-state index in [9.17, 15) is 4.79 Å². The van der Waals surface area contributed by atoms with Crippen LogP contribution in [0, 0.1) is 0 Å². The van der Waals surface area contributed by atoms with E-state index in [0.717, 1.165) is 17.0 Å². The highest BCUT2D eigenvalue weighted by molar-refractivity contribution is 7.99. The summed E-state index contributed by atoms with van der Waals surface area (Å²) in [6, 6.07) is 18.7. The Hall–Kier alpha value is -3.06. The van der Waals surface area contributed by atoms with Crippen LogP contribution in [0.5, 0.6) is 11.5 Å². The molecule has 1 heterocycles. The summed E-state index contributed by atoms with van der Waals surface area (Å²) in [5, 5.41) is 12.0. The molecule has 0 aliphatic carbocycles. The van der Waals surface area contributed by atoms with Crippen molar-refractivity contribution in [3.8, 4) is 22.8 Å². The average Bonchev–Trinajstić information content (AvgIpc) is 2.74. The molecule has 0 spiro atoms. The van der Waals surface area contributed by atoms with E-state index >= 15 is 0 Å². The molecular weight excluding hydrogens is 374 g/mol. The maximum atomic E-state index is 12.3. The highest BCUT2D eigenvalue weighted by atomic mass is 32.2. The number of methoxy groups -OCH3 is 1. The molecule has 3 rings (SSSR count). The first-order chi connectivity index (χ1) is 13.7. The first-order valence-electron chi connectivity index (χ1n) is 8.82. The predicted molar refractivity (Wildman–Crippen MR) is 111 cm³/mol. The monoisotopic (exact) mass is 395 g/mol. The molecule has 0 atom stereocenters. The van der Waals surface area contributed by atoms with Crippen LogP contribution in [0.3, 0.4) is 0 Å². The smallest absolute Gasteiger partial charge is 0.234 e. The van der Waals surface area contributed by atoms with Crippen molar-refractivity contribution < 1.29 is 14.3 Å².